The molecule has 2 unspecified atom stereocenters. The van der Waals surface area contributed by atoms with Crippen molar-refractivity contribution in [3.05, 3.63) is 71.8 Å². The summed E-state index contributed by atoms with van der Waals surface area (Å²) < 4.78 is 0. The smallest absolute Gasteiger partial charge is 0.249 e. The van der Waals surface area contributed by atoms with Crippen LogP contribution in [-0.4, -0.2) is 22.7 Å². The zero-order valence-corrected chi connectivity index (χ0v) is 13.3. The Morgan fingerprint density at radius 3 is 2.35 bits per heavy atom. The van der Waals surface area contributed by atoms with Gasteiger partial charge in [0.2, 0.25) is 5.91 Å². The van der Waals surface area contributed by atoms with Crippen LogP contribution in [0.3, 0.4) is 0 Å². The minimum Gasteiger partial charge on any atom is -0.286 e. The molecular weight excluding hydrogens is 286 g/mol. The molecule has 0 saturated carbocycles. The minimum absolute atomic E-state index is 0.0809. The first-order valence-electron chi connectivity index (χ1n) is 8.33. The number of amides is 1. The molecule has 1 heterocycles. The largest absolute Gasteiger partial charge is 0.286 e. The topological polar surface area (TPSA) is 40.5 Å². The van der Waals surface area contributed by atoms with Gasteiger partial charge in [0.05, 0.1) is 6.54 Å². The quantitative estimate of drug-likeness (QED) is 0.847. The van der Waals surface area contributed by atoms with E-state index < -0.39 is 0 Å². The zero-order valence-electron chi connectivity index (χ0n) is 13.3. The molecule has 0 radical (unpaired) electrons. The van der Waals surface area contributed by atoms with Crippen LogP contribution in [0.25, 0.3) is 0 Å². The Hall–Kier alpha value is -2.13. The lowest BCUT2D eigenvalue weighted by molar-refractivity contribution is -0.178. The second-order valence-electron chi connectivity index (χ2n) is 6.34. The van der Waals surface area contributed by atoms with Gasteiger partial charge >= 0.3 is 0 Å². The van der Waals surface area contributed by atoms with E-state index in [0.29, 0.717) is 6.54 Å². The highest BCUT2D eigenvalue weighted by molar-refractivity contribution is 5.78. The molecule has 0 bridgehead atoms. The molecule has 1 aliphatic rings. The third-order valence-corrected chi connectivity index (χ3v) is 4.70. The van der Waals surface area contributed by atoms with Crippen LogP contribution >= 0.6 is 0 Å². The normalized spacial score (nSPS) is 21.4. The van der Waals surface area contributed by atoms with Gasteiger partial charge in [-0.2, -0.15) is 0 Å². The molecule has 3 heteroatoms. The fraction of sp³-hybridized carbons (Fsp3) is 0.350. The summed E-state index contributed by atoms with van der Waals surface area (Å²) in [5, 5.41) is 10.9. The van der Waals surface area contributed by atoms with Crippen molar-refractivity contribution >= 4 is 5.91 Å². The predicted molar refractivity (Wildman–Crippen MR) is 90.2 cm³/mol. The molecule has 1 aliphatic heterocycles. The Morgan fingerprint density at radius 1 is 1.00 bits per heavy atom. The number of carbonyl (C=O) groups excluding carboxylic acids is 1. The Morgan fingerprint density at radius 2 is 1.65 bits per heavy atom. The summed E-state index contributed by atoms with van der Waals surface area (Å²) in [6.45, 7) is 0.401. The second-order valence-corrected chi connectivity index (χ2v) is 6.34. The summed E-state index contributed by atoms with van der Waals surface area (Å²) >= 11 is 0. The van der Waals surface area contributed by atoms with Crippen molar-refractivity contribution in [1.82, 2.24) is 5.06 Å². The van der Waals surface area contributed by atoms with Crippen molar-refractivity contribution in [3.63, 3.8) is 0 Å². The summed E-state index contributed by atoms with van der Waals surface area (Å²) in [7, 11) is 0. The van der Waals surface area contributed by atoms with Crippen LogP contribution in [0.2, 0.25) is 0 Å². The monoisotopic (exact) mass is 309 g/mol. The molecular formula is C20H23NO2. The fourth-order valence-corrected chi connectivity index (χ4v) is 3.43. The summed E-state index contributed by atoms with van der Waals surface area (Å²) in [6.07, 6.45) is 3.60. The molecule has 23 heavy (non-hydrogen) atoms. The molecule has 0 aliphatic carbocycles. The van der Waals surface area contributed by atoms with Gasteiger partial charge in [0.25, 0.3) is 0 Å². The lowest BCUT2D eigenvalue weighted by Crippen LogP contribution is -2.42. The van der Waals surface area contributed by atoms with E-state index in [4.69, 9.17) is 0 Å². The van der Waals surface area contributed by atoms with E-state index in [0.717, 1.165) is 30.7 Å². The molecule has 1 fully saturated rings. The molecule has 1 amide bonds. The van der Waals surface area contributed by atoms with Crippen molar-refractivity contribution in [2.75, 3.05) is 6.54 Å². The van der Waals surface area contributed by atoms with Crippen molar-refractivity contribution in [2.24, 2.45) is 5.92 Å². The van der Waals surface area contributed by atoms with E-state index in [9.17, 15) is 10.0 Å². The number of hydrogen-bond donors (Lipinski definition) is 1. The molecule has 1 N–H and O–H groups in total. The number of hydrogen-bond acceptors (Lipinski definition) is 2. The maximum absolute atomic E-state index is 12.2. The number of aryl methyl sites for hydroxylation is 1. The maximum Gasteiger partial charge on any atom is 0.249 e. The van der Waals surface area contributed by atoms with Crippen molar-refractivity contribution in [2.45, 2.75) is 31.6 Å². The second kappa shape index (κ2) is 7.42. The van der Waals surface area contributed by atoms with Crippen molar-refractivity contribution in [3.8, 4) is 0 Å². The molecule has 0 spiro atoms. The fourth-order valence-electron chi connectivity index (χ4n) is 3.43. The first-order valence-corrected chi connectivity index (χ1v) is 8.33. The highest BCUT2D eigenvalue weighted by atomic mass is 16.5. The van der Waals surface area contributed by atoms with E-state index in [1.165, 1.54) is 11.1 Å². The lowest BCUT2D eigenvalue weighted by atomic mass is 9.82. The average molecular weight is 309 g/mol. The molecule has 3 rings (SSSR count). The summed E-state index contributed by atoms with van der Waals surface area (Å²) in [5.74, 6) is 0.0218. The summed E-state index contributed by atoms with van der Waals surface area (Å²) in [4.78, 5) is 12.2. The third-order valence-electron chi connectivity index (χ3n) is 4.70. The number of hydroxylamine groups is 2. The van der Waals surface area contributed by atoms with Crippen LogP contribution in [0, 0.1) is 5.92 Å². The zero-order chi connectivity index (χ0) is 16.1. The molecule has 2 aromatic carbocycles. The maximum atomic E-state index is 12.2. The Labute approximate surface area is 137 Å². The Balaban J connectivity index is 1.60. The van der Waals surface area contributed by atoms with E-state index in [1.54, 1.807) is 0 Å². The summed E-state index contributed by atoms with van der Waals surface area (Å²) in [6, 6.07) is 20.5. The van der Waals surface area contributed by atoms with E-state index in [1.807, 2.05) is 36.4 Å². The highest BCUT2D eigenvalue weighted by Gasteiger charge is 2.33. The van der Waals surface area contributed by atoms with Gasteiger partial charge in [0.15, 0.2) is 0 Å². The lowest BCUT2D eigenvalue weighted by Gasteiger charge is -2.33. The number of nitrogens with zero attached hydrogens (tertiary/aromatic N) is 1. The van der Waals surface area contributed by atoms with Gasteiger partial charge in [0, 0.05) is 11.8 Å². The van der Waals surface area contributed by atoms with E-state index >= 15 is 0 Å². The van der Waals surface area contributed by atoms with Gasteiger partial charge in [-0.3, -0.25) is 10.0 Å². The Kier molecular flexibility index (Phi) is 5.09. The first kappa shape index (κ1) is 15.8. The first-order chi connectivity index (χ1) is 11.2. The van der Waals surface area contributed by atoms with Crippen LogP contribution in [0.15, 0.2) is 60.7 Å². The number of piperidine rings is 1. The highest BCUT2D eigenvalue weighted by Crippen LogP contribution is 2.32. The number of benzene rings is 2. The van der Waals surface area contributed by atoms with Crippen LogP contribution in [-0.2, 0) is 11.2 Å². The van der Waals surface area contributed by atoms with Gasteiger partial charge < -0.3 is 0 Å². The third kappa shape index (κ3) is 3.99. The molecule has 120 valence electrons. The van der Waals surface area contributed by atoms with Crippen LogP contribution in [0.4, 0.5) is 0 Å². The van der Waals surface area contributed by atoms with E-state index in [-0.39, 0.29) is 17.7 Å². The van der Waals surface area contributed by atoms with Crippen molar-refractivity contribution in [1.29, 1.82) is 0 Å². The van der Waals surface area contributed by atoms with Crippen LogP contribution in [0.5, 0.6) is 0 Å². The van der Waals surface area contributed by atoms with Crippen LogP contribution in [0.1, 0.15) is 36.3 Å². The minimum atomic E-state index is -0.120. The number of carbonyl (C=O) groups is 1. The average Bonchev–Trinajstić information content (AvgIpc) is 2.60. The van der Waals surface area contributed by atoms with Gasteiger partial charge in [0.1, 0.15) is 0 Å². The van der Waals surface area contributed by atoms with Gasteiger partial charge in [-0.1, -0.05) is 60.7 Å². The Bertz CT molecular complexity index is 627. The molecule has 2 atom stereocenters. The van der Waals surface area contributed by atoms with Crippen molar-refractivity contribution < 1.29 is 10.0 Å². The molecule has 1 saturated heterocycles. The van der Waals surface area contributed by atoms with E-state index in [2.05, 4.69) is 24.3 Å². The summed E-state index contributed by atoms with van der Waals surface area (Å²) in [5.41, 5.74) is 2.50. The van der Waals surface area contributed by atoms with Gasteiger partial charge in [-0.25, -0.2) is 5.06 Å². The molecule has 3 nitrogen and oxygen atoms in total. The van der Waals surface area contributed by atoms with Gasteiger partial charge in [-0.15, -0.1) is 0 Å². The molecule has 2 aromatic rings. The standard InChI is InChI=1S/C20H23NO2/c22-20-18(13-7-10-16-8-3-1-4-9-16)14-19(15-21(20)23)17-11-5-2-6-12-17/h1-6,8-9,11-12,18-19,23H,7,10,13-15H2. The number of rotatable bonds is 5. The SMILES string of the molecule is O=C1C(CCCc2ccccc2)CC(c2ccccc2)CN1O. The predicted octanol–water partition coefficient (Wildman–Crippen LogP) is 4.03. The molecule has 0 aromatic heterocycles. The van der Waals surface area contributed by atoms with Crippen LogP contribution < -0.4 is 0 Å². The van der Waals surface area contributed by atoms with Gasteiger partial charge in [-0.05, 0) is 36.8 Å².